The summed E-state index contributed by atoms with van der Waals surface area (Å²) >= 11 is 0. The third-order valence-corrected chi connectivity index (χ3v) is 10.4. The fourth-order valence-electron chi connectivity index (χ4n) is 7.89. The van der Waals surface area contributed by atoms with Gasteiger partial charge in [0, 0.05) is 20.3 Å². The van der Waals surface area contributed by atoms with Crippen LogP contribution in [0.15, 0.2) is 60.7 Å². The van der Waals surface area contributed by atoms with Crippen molar-refractivity contribution in [2.75, 3.05) is 20.3 Å². The molecule has 2 aliphatic carbocycles. The van der Waals surface area contributed by atoms with Crippen LogP contribution in [0.5, 0.6) is 0 Å². The van der Waals surface area contributed by atoms with Crippen molar-refractivity contribution in [2.45, 2.75) is 96.3 Å². The Morgan fingerprint density at radius 1 is 0.750 bits per heavy atom. The third kappa shape index (κ3) is 7.56. The van der Waals surface area contributed by atoms with Crippen LogP contribution in [0.25, 0.3) is 21.9 Å². The van der Waals surface area contributed by atoms with E-state index in [1.165, 1.54) is 98.1 Å². The maximum absolute atomic E-state index is 9.43. The molecule has 3 aromatic rings. The Morgan fingerprint density at radius 3 is 2.02 bits per heavy atom. The summed E-state index contributed by atoms with van der Waals surface area (Å²) in [6.45, 7) is 3.35. The number of aliphatic hydroxyl groups excluding tert-OH is 1. The Labute approximate surface area is 243 Å². The minimum Gasteiger partial charge on any atom is -0.396 e. The molecule has 0 aromatic heterocycles. The Bertz CT molecular complexity index is 1160. The number of rotatable bonds is 12. The average Bonchev–Trinajstić information content (AvgIpc) is 3.00. The number of aliphatic hydroxyl groups is 1. The van der Waals surface area contributed by atoms with Crippen molar-refractivity contribution >= 4 is 10.8 Å². The summed E-state index contributed by atoms with van der Waals surface area (Å²) < 4.78 is 5.44. The summed E-state index contributed by atoms with van der Waals surface area (Å²) in [4.78, 5) is 0. The molecule has 0 spiro atoms. The van der Waals surface area contributed by atoms with Crippen molar-refractivity contribution in [1.82, 2.24) is 0 Å². The van der Waals surface area contributed by atoms with Crippen molar-refractivity contribution in [1.29, 1.82) is 0 Å². The lowest BCUT2D eigenvalue weighted by Crippen LogP contribution is -2.26. The maximum atomic E-state index is 9.43. The molecule has 0 aliphatic heterocycles. The van der Waals surface area contributed by atoms with E-state index >= 15 is 0 Å². The second kappa shape index (κ2) is 14.6. The number of aryl methyl sites for hydroxylation is 1. The van der Waals surface area contributed by atoms with Crippen molar-refractivity contribution in [2.24, 2.45) is 23.7 Å². The van der Waals surface area contributed by atoms with Crippen LogP contribution in [0.3, 0.4) is 0 Å². The van der Waals surface area contributed by atoms with Crippen molar-refractivity contribution < 1.29 is 9.84 Å². The van der Waals surface area contributed by atoms with E-state index in [1.54, 1.807) is 12.7 Å². The van der Waals surface area contributed by atoms with E-state index in [0.717, 1.165) is 43.1 Å². The number of methoxy groups -OCH3 is 1. The summed E-state index contributed by atoms with van der Waals surface area (Å²) in [7, 11) is 1.80. The highest BCUT2D eigenvalue weighted by Crippen LogP contribution is 2.41. The van der Waals surface area contributed by atoms with E-state index in [-0.39, 0.29) is 0 Å². The molecule has 1 atom stereocenters. The number of hydrogen-bond acceptors (Lipinski definition) is 2. The first-order valence-electron chi connectivity index (χ1n) is 16.4. The lowest BCUT2D eigenvalue weighted by atomic mass is 9.72. The van der Waals surface area contributed by atoms with Crippen LogP contribution in [0.2, 0.25) is 0 Å². The summed E-state index contributed by atoms with van der Waals surface area (Å²) in [5.41, 5.74) is 5.61. The molecule has 2 heteroatoms. The fourth-order valence-corrected chi connectivity index (χ4v) is 7.89. The zero-order chi connectivity index (χ0) is 27.7. The van der Waals surface area contributed by atoms with Gasteiger partial charge in [-0.2, -0.15) is 0 Å². The highest BCUT2D eigenvalue weighted by atomic mass is 16.5. The van der Waals surface area contributed by atoms with E-state index in [2.05, 4.69) is 67.6 Å². The molecular weight excluding hydrogens is 488 g/mol. The molecule has 0 saturated heterocycles. The van der Waals surface area contributed by atoms with Gasteiger partial charge in [0.1, 0.15) is 0 Å². The Hall–Kier alpha value is -2.16. The minimum absolute atomic E-state index is 0.297. The van der Waals surface area contributed by atoms with Crippen LogP contribution < -0.4 is 0 Å². The SMILES string of the molecule is CCCc1ccc(-c2ccc3cc(C4CCC(CCC5CCC(C(CCO)COC)CC5)CC4)ccc3c2)cc1. The average molecular weight is 541 g/mol. The molecule has 2 saturated carbocycles. The number of benzene rings is 3. The lowest BCUT2D eigenvalue weighted by molar-refractivity contribution is 0.0758. The van der Waals surface area contributed by atoms with Gasteiger partial charge in [-0.3, -0.25) is 0 Å². The molecule has 0 amide bonds. The van der Waals surface area contributed by atoms with Crippen molar-refractivity contribution in [3.05, 3.63) is 71.8 Å². The number of hydrogen-bond donors (Lipinski definition) is 1. The van der Waals surface area contributed by atoms with Crippen LogP contribution in [0, 0.1) is 23.7 Å². The Morgan fingerprint density at radius 2 is 1.38 bits per heavy atom. The molecule has 5 rings (SSSR count). The van der Waals surface area contributed by atoms with Gasteiger partial charge >= 0.3 is 0 Å². The molecule has 2 nitrogen and oxygen atoms in total. The second-order valence-electron chi connectivity index (χ2n) is 13.1. The van der Waals surface area contributed by atoms with Crippen LogP contribution in [0.4, 0.5) is 0 Å². The first kappa shape index (κ1) is 29.3. The second-order valence-corrected chi connectivity index (χ2v) is 13.1. The van der Waals surface area contributed by atoms with Crippen LogP contribution in [-0.4, -0.2) is 25.4 Å². The molecule has 216 valence electrons. The van der Waals surface area contributed by atoms with E-state index in [0.29, 0.717) is 12.5 Å². The molecule has 2 aliphatic rings. The standard InChI is InChI=1S/C38H52O2/c1-3-4-28-7-13-31(14-8-28)34-19-21-37-26-35(20-22-36(37)25-34)32-15-9-29(10-16-32)5-6-30-11-17-33(18-12-30)38(23-24-39)27-40-2/h7-8,13-14,19-22,25-26,29-30,32-33,38-39H,3-6,9-12,15-18,23-24,27H2,1-2H3. The quantitative estimate of drug-likeness (QED) is 0.248. The maximum Gasteiger partial charge on any atom is 0.0493 e. The third-order valence-electron chi connectivity index (χ3n) is 10.4. The first-order valence-corrected chi connectivity index (χ1v) is 16.4. The highest BCUT2D eigenvalue weighted by molar-refractivity contribution is 5.88. The summed E-state index contributed by atoms with van der Waals surface area (Å²) in [5.74, 6) is 3.88. The zero-order valence-electron chi connectivity index (χ0n) is 25.1. The normalized spacial score (nSPS) is 24.3. The van der Waals surface area contributed by atoms with Gasteiger partial charge in [0.2, 0.25) is 0 Å². The van der Waals surface area contributed by atoms with Crippen molar-refractivity contribution in [3.8, 4) is 11.1 Å². The largest absolute Gasteiger partial charge is 0.396 e. The number of fused-ring (bicyclic) bond motifs is 1. The van der Waals surface area contributed by atoms with Gasteiger partial charge in [0.15, 0.2) is 0 Å². The summed E-state index contributed by atoms with van der Waals surface area (Å²) in [6, 6.07) is 23.4. The van der Waals surface area contributed by atoms with Crippen LogP contribution in [-0.2, 0) is 11.2 Å². The lowest BCUT2D eigenvalue weighted by Gasteiger charge is -2.35. The van der Waals surface area contributed by atoms with Crippen LogP contribution >= 0.6 is 0 Å². The molecule has 1 N–H and O–H groups in total. The molecule has 2 fully saturated rings. The molecule has 0 heterocycles. The molecule has 1 unspecified atom stereocenters. The Kier molecular flexibility index (Phi) is 10.7. The minimum atomic E-state index is 0.297. The van der Waals surface area contributed by atoms with E-state index < -0.39 is 0 Å². The van der Waals surface area contributed by atoms with E-state index in [4.69, 9.17) is 4.74 Å². The molecule has 40 heavy (non-hydrogen) atoms. The number of ether oxygens (including phenoxy) is 1. The summed E-state index contributed by atoms with van der Waals surface area (Å²) in [6.07, 6.45) is 17.1. The molecule has 3 aromatic carbocycles. The monoisotopic (exact) mass is 540 g/mol. The first-order chi connectivity index (χ1) is 19.7. The van der Waals surface area contributed by atoms with Crippen LogP contribution in [0.1, 0.15) is 101 Å². The smallest absolute Gasteiger partial charge is 0.0493 e. The predicted molar refractivity (Wildman–Crippen MR) is 170 cm³/mol. The van der Waals surface area contributed by atoms with E-state index in [9.17, 15) is 5.11 Å². The highest BCUT2D eigenvalue weighted by Gasteiger charge is 2.28. The topological polar surface area (TPSA) is 29.5 Å². The van der Waals surface area contributed by atoms with Gasteiger partial charge < -0.3 is 9.84 Å². The summed E-state index contributed by atoms with van der Waals surface area (Å²) in [5, 5.41) is 12.2. The van der Waals surface area contributed by atoms with Gasteiger partial charge in [-0.15, -0.1) is 0 Å². The molecular formula is C38H52O2. The van der Waals surface area contributed by atoms with Gasteiger partial charge in [-0.05, 0) is 120 Å². The van der Waals surface area contributed by atoms with Crippen molar-refractivity contribution in [3.63, 3.8) is 0 Å². The zero-order valence-corrected chi connectivity index (χ0v) is 25.1. The molecule has 0 bridgehead atoms. The van der Waals surface area contributed by atoms with Gasteiger partial charge in [0.25, 0.3) is 0 Å². The van der Waals surface area contributed by atoms with Gasteiger partial charge in [0.05, 0.1) is 0 Å². The van der Waals surface area contributed by atoms with E-state index in [1.807, 2.05) is 0 Å². The molecule has 0 radical (unpaired) electrons. The predicted octanol–water partition coefficient (Wildman–Crippen LogP) is 9.96. The van der Waals surface area contributed by atoms with Gasteiger partial charge in [-0.25, -0.2) is 0 Å². The van der Waals surface area contributed by atoms with Gasteiger partial charge in [-0.1, -0.05) is 93.6 Å². The Balaban J connectivity index is 1.09. The fraction of sp³-hybridized carbons (Fsp3) is 0.579.